The second-order valence-corrected chi connectivity index (χ2v) is 7.98. The molecule has 0 aromatic carbocycles. The number of morpholine rings is 1. The van der Waals surface area contributed by atoms with Gasteiger partial charge in [-0.1, -0.05) is 13.0 Å². The second-order valence-electron chi connectivity index (χ2n) is 7.98. The van der Waals surface area contributed by atoms with Crippen LogP contribution in [0.5, 0.6) is 0 Å². The van der Waals surface area contributed by atoms with Gasteiger partial charge in [-0.05, 0) is 43.5 Å². The Balaban J connectivity index is 1.31. The third-order valence-corrected chi connectivity index (χ3v) is 6.11. The van der Waals surface area contributed by atoms with Gasteiger partial charge in [0.25, 0.3) is 0 Å². The number of likely N-dealkylation sites (tertiary alicyclic amines) is 1. The Hall–Kier alpha value is -2.51. The maximum absolute atomic E-state index is 13.1. The van der Waals surface area contributed by atoms with Crippen LogP contribution < -0.4 is 5.32 Å². The lowest BCUT2D eigenvalue weighted by molar-refractivity contribution is -0.140. The molecule has 2 fully saturated rings. The van der Waals surface area contributed by atoms with Crippen LogP contribution in [0.4, 0.5) is 11.5 Å². The van der Waals surface area contributed by atoms with E-state index in [0.29, 0.717) is 5.92 Å². The van der Waals surface area contributed by atoms with E-state index in [2.05, 4.69) is 44.1 Å². The normalized spacial score (nSPS) is 19.4. The number of ether oxygens (including phenoxy) is 1. The maximum Gasteiger partial charge on any atom is 0.239 e. The monoisotopic (exact) mass is 409 g/mol. The molecule has 2 aliphatic rings. The van der Waals surface area contributed by atoms with Crippen molar-refractivity contribution < 1.29 is 9.53 Å². The van der Waals surface area contributed by atoms with Crippen LogP contribution >= 0.6 is 0 Å². The third kappa shape index (κ3) is 4.96. The summed E-state index contributed by atoms with van der Waals surface area (Å²) in [7, 11) is 0. The first kappa shape index (κ1) is 20.8. The highest BCUT2D eigenvalue weighted by Crippen LogP contribution is 2.28. The lowest BCUT2D eigenvalue weighted by Crippen LogP contribution is -2.53. The molecule has 0 aliphatic carbocycles. The molecule has 4 heterocycles. The predicted octanol–water partition coefficient (Wildman–Crippen LogP) is 3.04. The van der Waals surface area contributed by atoms with Crippen LogP contribution in [0.1, 0.15) is 37.8 Å². The van der Waals surface area contributed by atoms with Gasteiger partial charge in [-0.2, -0.15) is 0 Å². The molecule has 2 saturated heterocycles. The van der Waals surface area contributed by atoms with Crippen molar-refractivity contribution in [1.82, 2.24) is 19.8 Å². The summed E-state index contributed by atoms with van der Waals surface area (Å²) in [6.07, 6.45) is 6.41. The van der Waals surface area contributed by atoms with Crippen molar-refractivity contribution in [3.63, 3.8) is 0 Å². The van der Waals surface area contributed by atoms with Crippen molar-refractivity contribution in [2.24, 2.45) is 0 Å². The molecule has 2 aromatic rings. The van der Waals surface area contributed by atoms with Crippen molar-refractivity contribution in [2.75, 3.05) is 44.7 Å². The summed E-state index contributed by atoms with van der Waals surface area (Å²) in [6, 6.07) is 9.92. The van der Waals surface area contributed by atoms with Crippen LogP contribution in [0, 0.1) is 0 Å². The molecule has 1 N–H and O–H groups in total. The van der Waals surface area contributed by atoms with Gasteiger partial charge in [0.2, 0.25) is 5.91 Å². The summed E-state index contributed by atoms with van der Waals surface area (Å²) in [5.41, 5.74) is 2.04. The number of nitrogens with one attached hydrogen (secondary N) is 1. The van der Waals surface area contributed by atoms with Crippen molar-refractivity contribution in [1.29, 1.82) is 0 Å². The minimum Gasteiger partial charge on any atom is -0.379 e. The van der Waals surface area contributed by atoms with Gasteiger partial charge in [-0.3, -0.25) is 14.7 Å². The molecule has 2 aromatic heterocycles. The van der Waals surface area contributed by atoms with E-state index in [1.165, 1.54) is 0 Å². The smallest absolute Gasteiger partial charge is 0.239 e. The predicted molar refractivity (Wildman–Crippen MR) is 117 cm³/mol. The molecule has 7 heteroatoms. The molecule has 0 bridgehead atoms. The van der Waals surface area contributed by atoms with Gasteiger partial charge in [-0.25, -0.2) is 4.98 Å². The Morgan fingerprint density at radius 3 is 2.57 bits per heavy atom. The van der Waals surface area contributed by atoms with Crippen LogP contribution in [0.25, 0.3) is 0 Å². The fraction of sp³-hybridized carbons (Fsp3) is 0.522. The fourth-order valence-electron chi connectivity index (χ4n) is 4.39. The lowest BCUT2D eigenvalue weighted by Gasteiger charge is -2.38. The number of rotatable bonds is 6. The van der Waals surface area contributed by atoms with Gasteiger partial charge >= 0.3 is 0 Å². The Bertz CT molecular complexity index is 800. The molecule has 1 atom stereocenters. The molecular formula is C23H31N5O2. The molecule has 0 radical (unpaired) electrons. The fourth-order valence-corrected chi connectivity index (χ4v) is 4.39. The summed E-state index contributed by atoms with van der Waals surface area (Å²) < 4.78 is 5.44. The third-order valence-electron chi connectivity index (χ3n) is 6.11. The summed E-state index contributed by atoms with van der Waals surface area (Å²) in [5.74, 6) is 1.49. The van der Waals surface area contributed by atoms with Crippen molar-refractivity contribution >= 4 is 17.4 Å². The number of anilines is 2. The highest BCUT2D eigenvalue weighted by molar-refractivity contribution is 5.82. The number of hydrogen-bond acceptors (Lipinski definition) is 6. The first-order chi connectivity index (χ1) is 14.7. The molecule has 0 spiro atoms. The van der Waals surface area contributed by atoms with Crippen LogP contribution in [-0.2, 0) is 9.53 Å². The van der Waals surface area contributed by atoms with Gasteiger partial charge < -0.3 is 15.0 Å². The molecule has 160 valence electrons. The van der Waals surface area contributed by atoms with Gasteiger partial charge in [0.1, 0.15) is 5.82 Å². The van der Waals surface area contributed by atoms with Gasteiger partial charge in [0, 0.05) is 44.0 Å². The number of pyridine rings is 2. The van der Waals surface area contributed by atoms with Crippen molar-refractivity contribution in [3.8, 4) is 0 Å². The lowest BCUT2D eigenvalue weighted by atomic mass is 9.92. The van der Waals surface area contributed by atoms with E-state index in [4.69, 9.17) is 4.74 Å². The molecule has 7 nitrogen and oxygen atoms in total. The van der Waals surface area contributed by atoms with E-state index in [-0.39, 0.29) is 11.9 Å². The number of amides is 1. The minimum atomic E-state index is -0.0134. The van der Waals surface area contributed by atoms with Crippen LogP contribution in [0.3, 0.4) is 0 Å². The maximum atomic E-state index is 13.1. The quantitative estimate of drug-likeness (QED) is 0.791. The number of piperidine rings is 1. The molecular weight excluding hydrogens is 378 g/mol. The highest BCUT2D eigenvalue weighted by Gasteiger charge is 2.32. The van der Waals surface area contributed by atoms with E-state index >= 15 is 0 Å². The van der Waals surface area contributed by atoms with E-state index in [0.717, 1.165) is 75.9 Å². The Kier molecular flexibility index (Phi) is 6.92. The van der Waals surface area contributed by atoms with Crippen LogP contribution in [0.15, 0.2) is 42.7 Å². The van der Waals surface area contributed by atoms with E-state index in [9.17, 15) is 4.79 Å². The number of nitrogens with zero attached hydrogens (tertiary/aromatic N) is 4. The number of aromatic nitrogens is 2. The topological polar surface area (TPSA) is 70.6 Å². The summed E-state index contributed by atoms with van der Waals surface area (Å²) >= 11 is 0. The zero-order valence-electron chi connectivity index (χ0n) is 17.7. The molecule has 30 heavy (non-hydrogen) atoms. The zero-order valence-corrected chi connectivity index (χ0v) is 17.7. The zero-order chi connectivity index (χ0) is 20.8. The van der Waals surface area contributed by atoms with Gasteiger partial charge in [-0.15, -0.1) is 0 Å². The summed E-state index contributed by atoms with van der Waals surface area (Å²) in [4.78, 5) is 26.4. The molecule has 0 saturated carbocycles. The molecule has 1 amide bonds. The standard InChI is InChI=1S/C23H31N5O2/c1-2-21(27-13-15-30-16-14-27)23(29)28-11-8-18(9-12-28)20-7-6-19(17-25-20)26-22-5-3-4-10-24-22/h3-7,10,17-18,21H,2,8-9,11-16H2,1H3,(H,24,26)/t21-/m0/s1. The molecule has 2 aliphatic heterocycles. The summed E-state index contributed by atoms with van der Waals surface area (Å²) in [6.45, 7) is 6.87. The molecule has 0 unspecified atom stereocenters. The average molecular weight is 410 g/mol. The second kappa shape index (κ2) is 10.00. The first-order valence-corrected chi connectivity index (χ1v) is 11.0. The number of carbonyl (C=O) groups excluding carboxylic acids is 1. The van der Waals surface area contributed by atoms with E-state index in [1.54, 1.807) is 6.20 Å². The van der Waals surface area contributed by atoms with Gasteiger partial charge in [0.15, 0.2) is 0 Å². The van der Waals surface area contributed by atoms with Crippen LogP contribution in [-0.4, -0.2) is 71.1 Å². The minimum absolute atomic E-state index is 0.0134. The van der Waals surface area contributed by atoms with E-state index in [1.807, 2.05) is 24.4 Å². The SMILES string of the molecule is CC[C@@H](C(=O)N1CCC(c2ccc(Nc3ccccn3)cn2)CC1)N1CCOCC1. The number of hydrogen-bond donors (Lipinski definition) is 1. The Morgan fingerprint density at radius 2 is 1.93 bits per heavy atom. The Morgan fingerprint density at radius 1 is 1.13 bits per heavy atom. The first-order valence-electron chi connectivity index (χ1n) is 11.0. The molecule has 4 rings (SSSR count). The van der Waals surface area contributed by atoms with Crippen molar-refractivity contribution in [2.45, 2.75) is 38.1 Å². The van der Waals surface area contributed by atoms with Crippen molar-refractivity contribution in [3.05, 3.63) is 48.4 Å². The highest BCUT2D eigenvalue weighted by atomic mass is 16.5. The average Bonchev–Trinajstić information content (AvgIpc) is 2.81. The number of carbonyl (C=O) groups is 1. The largest absolute Gasteiger partial charge is 0.379 e. The van der Waals surface area contributed by atoms with Gasteiger partial charge in [0.05, 0.1) is 31.1 Å². The Labute approximate surface area is 178 Å². The van der Waals surface area contributed by atoms with Crippen LogP contribution in [0.2, 0.25) is 0 Å². The van der Waals surface area contributed by atoms with E-state index < -0.39 is 0 Å². The summed E-state index contributed by atoms with van der Waals surface area (Å²) in [5, 5.41) is 3.27.